The first kappa shape index (κ1) is 22.2. The monoisotopic (exact) mass is 460 g/mol. The van der Waals surface area contributed by atoms with E-state index in [4.69, 9.17) is 10.5 Å². The summed E-state index contributed by atoms with van der Waals surface area (Å²) >= 11 is 0. The lowest BCUT2D eigenvalue weighted by Gasteiger charge is -2.19. The second-order valence-electron chi connectivity index (χ2n) is 6.71. The summed E-state index contributed by atoms with van der Waals surface area (Å²) in [5.41, 5.74) is 8.46. The Labute approximate surface area is 169 Å². The first-order chi connectivity index (χ1) is 11.7. The number of hydrogen-bond donors (Lipinski definition) is 2. The van der Waals surface area contributed by atoms with Gasteiger partial charge in [-0.1, -0.05) is 37.1 Å². The molecule has 1 aromatic carbocycles. The molecule has 0 radical (unpaired) electrons. The molecule has 0 saturated carbocycles. The number of rotatable bonds is 7. The number of hydrogen-bond acceptors (Lipinski definition) is 3. The summed E-state index contributed by atoms with van der Waals surface area (Å²) in [5.74, 6) is 0.466. The number of ether oxygens (including phenoxy) is 1. The molecule has 142 valence electrons. The van der Waals surface area contributed by atoms with Crippen LogP contribution < -0.4 is 11.1 Å². The second kappa shape index (κ2) is 12.5. The molecule has 5 nitrogen and oxygen atoms in total. The quantitative estimate of drug-likeness (QED) is 0.373. The van der Waals surface area contributed by atoms with E-state index in [2.05, 4.69) is 39.5 Å². The average Bonchev–Trinajstić information content (AvgIpc) is 2.83. The Bertz CT molecular complexity index is 499. The minimum absolute atomic E-state index is 0. The van der Waals surface area contributed by atoms with E-state index < -0.39 is 0 Å². The van der Waals surface area contributed by atoms with Crippen LogP contribution >= 0.6 is 24.0 Å². The molecular weight excluding hydrogens is 427 g/mol. The number of nitrogens with two attached hydrogens (primary N) is 1. The molecule has 1 fully saturated rings. The average molecular weight is 460 g/mol. The van der Waals surface area contributed by atoms with Gasteiger partial charge in [0, 0.05) is 19.7 Å². The Morgan fingerprint density at radius 3 is 2.36 bits per heavy atom. The molecule has 1 atom stereocenters. The van der Waals surface area contributed by atoms with Crippen LogP contribution in [0.25, 0.3) is 0 Å². The normalized spacial score (nSPS) is 17.4. The van der Waals surface area contributed by atoms with E-state index in [9.17, 15) is 0 Å². The number of nitrogens with one attached hydrogen (secondary N) is 1. The van der Waals surface area contributed by atoms with Gasteiger partial charge in [-0.05, 0) is 44.0 Å². The van der Waals surface area contributed by atoms with Crippen molar-refractivity contribution in [2.75, 3.05) is 26.8 Å². The van der Waals surface area contributed by atoms with Gasteiger partial charge in [-0.15, -0.1) is 24.0 Å². The molecule has 1 saturated heterocycles. The van der Waals surface area contributed by atoms with Crippen LogP contribution in [0.5, 0.6) is 0 Å². The largest absolute Gasteiger partial charge is 0.383 e. The maximum atomic E-state index is 5.90. The summed E-state index contributed by atoms with van der Waals surface area (Å²) in [6.07, 6.45) is 5.43. The lowest BCUT2D eigenvalue weighted by atomic mass is 10.1. The van der Waals surface area contributed by atoms with Crippen LogP contribution in [0, 0.1) is 0 Å². The molecule has 1 aliphatic rings. The molecule has 6 heteroatoms. The van der Waals surface area contributed by atoms with Crippen molar-refractivity contribution in [1.82, 2.24) is 10.2 Å². The van der Waals surface area contributed by atoms with Gasteiger partial charge in [-0.2, -0.15) is 0 Å². The van der Waals surface area contributed by atoms with Gasteiger partial charge in [0.25, 0.3) is 0 Å². The number of likely N-dealkylation sites (tertiary alicyclic amines) is 1. The van der Waals surface area contributed by atoms with Crippen molar-refractivity contribution >= 4 is 29.9 Å². The Hall–Kier alpha value is -0.860. The Kier molecular flexibility index (Phi) is 11.1. The van der Waals surface area contributed by atoms with E-state index in [1.54, 1.807) is 7.11 Å². The van der Waals surface area contributed by atoms with Crippen molar-refractivity contribution in [3.05, 3.63) is 35.4 Å². The molecule has 0 aliphatic carbocycles. The number of aliphatic imine (C=N–C) groups is 1. The highest BCUT2D eigenvalue weighted by Crippen LogP contribution is 2.14. The molecule has 0 bridgehead atoms. The third-order valence-corrected chi connectivity index (χ3v) is 4.37. The van der Waals surface area contributed by atoms with Crippen LogP contribution in [0.4, 0.5) is 0 Å². The van der Waals surface area contributed by atoms with Crippen molar-refractivity contribution in [1.29, 1.82) is 0 Å². The highest BCUT2D eigenvalue weighted by atomic mass is 127. The van der Waals surface area contributed by atoms with Gasteiger partial charge >= 0.3 is 0 Å². The predicted octanol–water partition coefficient (Wildman–Crippen LogP) is 3.12. The summed E-state index contributed by atoms with van der Waals surface area (Å²) in [7, 11) is 1.68. The van der Waals surface area contributed by atoms with Gasteiger partial charge < -0.3 is 15.8 Å². The molecule has 3 N–H and O–H groups in total. The van der Waals surface area contributed by atoms with Crippen LogP contribution in [-0.2, 0) is 17.8 Å². The number of methoxy groups -OCH3 is 1. The molecule has 0 spiro atoms. The van der Waals surface area contributed by atoms with Crippen molar-refractivity contribution in [2.24, 2.45) is 10.7 Å². The topological polar surface area (TPSA) is 62.9 Å². The number of benzene rings is 1. The zero-order chi connectivity index (χ0) is 17.2. The van der Waals surface area contributed by atoms with Gasteiger partial charge in [0.2, 0.25) is 0 Å². The molecule has 1 unspecified atom stereocenters. The fourth-order valence-electron chi connectivity index (χ4n) is 3.07. The zero-order valence-electron chi connectivity index (χ0n) is 15.5. The Balaban J connectivity index is 0.00000312. The zero-order valence-corrected chi connectivity index (χ0v) is 17.9. The van der Waals surface area contributed by atoms with Gasteiger partial charge in [0.05, 0.1) is 13.2 Å². The summed E-state index contributed by atoms with van der Waals surface area (Å²) in [6.45, 7) is 6.75. The lowest BCUT2D eigenvalue weighted by Crippen LogP contribution is -2.40. The molecule has 0 aromatic heterocycles. The molecular formula is C19H33IN4O. The van der Waals surface area contributed by atoms with Crippen LogP contribution in [0.15, 0.2) is 29.3 Å². The van der Waals surface area contributed by atoms with E-state index in [-0.39, 0.29) is 30.0 Å². The predicted molar refractivity (Wildman–Crippen MR) is 115 cm³/mol. The minimum atomic E-state index is 0. The lowest BCUT2D eigenvalue weighted by molar-refractivity contribution is 0.179. The highest BCUT2D eigenvalue weighted by molar-refractivity contribution is 14.0. The number of nitrogens with zero attached hydrogens (tertiary/aromatic N) is 2. The van der Waals surface area contributed by atoms with E-state index >= 15 is 0 Å². The maximum Gasteiger partial charge on any atom is 0.189 e. The summed E-state index contributed by atoms with van der Waals surface area (Å²) in [6, 6.07) is 8.90. The Morgan fingerprint density at radius 2 is 1.76 bits per heavy atom. The fourth-order valence-corrected chi connectivity index (χ4v) is 3.07. The highest BCUT2D eigenvalue weighted by Gasteiger charge is 2.09. The molecule has 25 heavy (non-hydrogen) atoms. The third kappa shape index (κ3) is 8.87. The Morgan fingerprint density at radius 1 is 1.16 bits per heavy atom. The first-order valence-corrected chi connectivity index (χ1v) is 9.03. The van der Waals surface area contributed by atoms with E-state index in [1.165, 1.54) is 49.9 Å². The van der Waals surface area contributed by atoms with Gasteiger partial charge in [0.1, 0.15) is 0 Å². The summed E-state index contributed by atoms with van der Waals surface area (Å²) in [4.78, 5) is 6.96. The fraction of sp³-hybridized carbons (Fsp3) is 0.632. The van der Waals surface area contributed by atoms with Crippen LogP contribution in [0.1, 0.15) is 43.7 Å². The van der Waals surface area contributed by atoms with Crippen LogP contribution in [-0.4, -0.2) is 43.7 Å². The van der Waals surface area contributed by atoms with Crippen molar-refractivity contribution in [3.8, 4) is 0 Å². The van der Waals surface area contributed by atoms with Crippen LogP contribution in [0.3, 0.4) is 0 Å². The summed E-state index contributed by atoms with van der Waals surface area (Å²) < 4.78 is 5.07. The summed E-state index contributed by atoms with van der Waals surface area (Å²) in [5, 5.41) is 3.12. The molecule has 1 heterocycles. The standard InChI is InChI=1S/C19H32N4O.HI/c1-16(15-24-2)22-19(20)21-13-17-7-9-18(10-8-17)14-23-11-5-3-4-6-12-23;/h7-10,16H,3-6,11-15H2,1-2H3,(H3,20,21,22);1H. The van der Waals surface area contributed by atoms with Gasteiger partial charge in [-0.3, -0.25) is 4.90 Å². The maximum absolute atomic E-state index is 5.90. The number of halogens is 1. The minimum Gasteiger partial charge on any atom is -0.383 e. The SMILES string of the molecule is COCC(C)NC(N)=NCc1ccc(CN2CCCCCC2)cc1.I. The van der Waals surface area contributed by atoms with Crippen LogP contribution in [0.2, 0.25) is 0 Å². The smallest absolute Gasteiger partial charge is 0.189 e. The van der Waals surface area contributed by atoms with Crippen molar-refractivity contribution in [3.63, 3.8) is 0 Å². The molecule has 2 rings (SSSR count). The van der Waals surface area contributed by atoms with Crippen molar-refractivity contribution in [2.45, 2.75) is 51.7 Å². The molecule has 1 aliphatic heterocycles. The first-order valence-electron chi connectivity index (χ1n) is 9.03. The third-order valence-electron chi connectivity index (χ3n) is 4.37. The second-order valence-corrected chi connectivity index (χ2v) is 6.71. The van der Waals surface area contributed by atoms with E-state index in [0.717, 1.165) is 6.54 Å². The van der Waals surface area contributed by atoms with Gasteiger partial charge in [0.15, 0.2) is 5.96 Å². The van der Waals surface area contributed by atoms with Gasteiger partial charge in [-0.25, -0.2) is 4.99 Å². The number of guanidine groups is 1. The van der Waals surface area contributed by atoms with E-state index in [0.29, 0.717) is 19.1 Å². The molecule has 0 amide bonds. The van der Waals surface area contributed by atoms with E-state index in [1.807, 2.05) is 6.92 Å². The molecule has 1 aromatic rings. The van der Waals surface area contributed by atoms with Crippen molar-refractivity contribution < 1.29 is 4.74 Å².